The molecule has 0 bridgehead atoms. The van der Waals surface area contributed by atoms with Gasteiger partial charge in [0, 0.05) is 0 Å². The zero-order chi connectivity index (χ0) is 16.8. The molecule has 126 valence electrons. The summed E-state index contributed by atoms with van der Waals surface area (Å²) in [5.41, 5.74) is 0. The second kappa shape index (κ2) is 8.03. The molecule has 0 saturated carbocycles. The molecular weight excluding hydrogens is 294 g/mol. The van der Waals surface area contributed by atoms with Crippen molar-refractivity contribution in [3.63, 3.8) is 0 Å². The van der Waals surface area contributed by atoms with Crippen LogP contribution in [0, 0.1) is 11.8 Å². The van der Waals surface area contributed by atoms with Gasteiger partial charge in [-0.1, -0.05) is 52.4 Å². The lowest BCUT2D eigenvalue weighted by molar-refractivity contribution is 0.177. The van der Waals surface area contributed by atoms with Gasteiger partial charge in [0.05, 0.1) is 0 Å². The number of alkyl carbamates (subject to hydrolysis) is 1. The first-order valence-corrected chi connectivity index (χ1v) is 11.2. The predicted molar refractivity (Wildman–Crippen MR) is 92.3 cm³/mol. The van der Waals surface area contributed by atoms with Gasteiger partial charge in [-0.3, -0.25) is 0 Å². The van der Waals surface area contributed by atoms with E-state index < -0.39 is 8.32 Å². The number of hydrogen-bond acceptors (Lipinski definition) is 3. The quantitative estimate of drug-likeness (QED) is 0.455. The largest absolute Gasteiger partial charge is 0.446 e. The van der Waals surface area contributed by atoms with E-state index in [4.69, 9.17) is 9.16 Å². The van der Waals surface area contributed by atoms with E-state index >= 15 is 0 Å². The van der Waals surface area contributed by atoms with Crippen molar-refractivity contribution in [3.8, 4) is 11.8 Å². The standard InChI is InChI=1S/C17H31NO3Si/c1-7-8-9-10-15(21-22(5,6)17(2,3)4)12-11-14-13-20-16(19)18-14/h14-15H,7-10,13H2,1-6H3,(H,18,19). The number of amides is 1. The molecule has 5 heteroatoms. The molecule has 1 aliphatic heterocycles. The molecule has 4 nitrogen and oxygen atoms in total. The van der Waals surface area contributed by atoms with Crippen molar-refractivity contribution in [2.45, 2.75) is 83.7 Å². The number of carbonyl (C=O) groups excluding carboxylic acids is 1. The van der Waals surface area contributed by atoms with Crippen LogP contribution in [0.3, 0.4) is 0 Å². The summed E-state index contributed by atoms with van der Waals surface area (Å²) in [7, 11) is -1.84. The van der Waals surface area contributed by atoms with E-state index in [0.717, 1.165) is 12.8 Å². The first-order chi connectivity index (χ1) is 10.2. The molecule has 2 atom stereocenters. The first-order valence-electron chi connectivity index (χ1n) is 8.28. The molecular formula is C17H31NO3Si. The van der Waals surface area contributed by atoms with Gasteiger partial charge in [0.25, 0.3) is 0 Å². The number of cyclic esters (lactones) is 1. The van der Waals surface area contributed by atoms with Crippen molar-refractivity contribution in [2.24, 2.45) is 0 Å². The number of carbonyl (C=O) groups is 1. The Kier molecular flexibility index (Phi) is 6.95. The van der Waals surface area contributed by atoms with Crippen LogP contribution < -0.4 is 5.32 Å². The summed E-state index contributed by atoms with van der Waals surface area (Å²) in [5.74, 6) is 6.34. The highest BCUT2D eigenvalue weighted by Crippen LogP contribution is 2.37. The molecule has 0 radical (unpaired) electrons. The zero-order valence-corrected chi connectivity index (χ0v) is 15.9. The second-order valence-corrected chi connectivity index (χ2v) is 12.2. The molecule has 0 aromatic rings. The third kappa shape index (κ3) is 6.02. The lowest BCUT2D eigenvalue weighted by Gasteiger charge is -2.38. The van der Waals surface area contributed by atoms with Crippen LogP contribution in [0.2, 0.25) is 18.1 Å². The Bertz CT molecular complexity index is 431. The molecule has 2 unspecified atom stereocenters. The maximum atomic E-state index is 11.0. The number of ether oxygens (including phenoxy) is 1. The topological polar surface area (TPSA) is 47.6 Å². The smallest absolute Gasteiger partial charge is 0.408 e. The highest BCUT2D eigenvalue weighted by Gasteiger charge is 2.38. The molecule has 1 aliphatic rings. The Morgan fingerprint density at radius 3 is 2.59 bits per heavy atom. The van der Waals surface area contributed by atoms with Gasteiger partial charge >= 0.3 is 6.09 Å². The summed E-state index contributed by atoms with van der Waals surface area (Å²) in [5, 5.41) is 2.86. The van der Waals surface area contributed by atoms with Crippen LogP contribution in [-0.2, 0) is 9.16 Å². The van der Waals surface area contributed by atoms with Crippen LogP contribution >= 0.6 is 0 Å². The highest BCUT2D eigenvalue weighted by molar-refractivity contribution is 6.74. The Morgan fingerprint density at radius 2 is 2.09 bits per heavy atom. The second-order valence-electron chi connectivity index (χ2n) is 7.45. The summed E-state index contributed by atoms with van der Waals surface area (Å²) < 4.78 is 11.3. The molecule has 0 aromatic heterocycles. The minimum absolute atomic E-state index is 0.0510. The van der Waals surface area contributed by atoms with Crippen molar-refractivity contribution in [1.82, 2.24) is 5.32 Å². The van der Waals surface area contributed by atoms with E-state index in [1.54, 1.807) is 0 Å². The van der Waals surface area contributed by atoms with E-state index in [0.29, 0.717) is 6.61 Å². The van der Waals surface area contributed by atoms with Gasteiger partial charge in [0.15, 0.2) is 8.32 Å². The highest BCUT2D eigenvalue weighted by atomic mass is 28.4. The van der Waals surface area contributed by atoms with E-state index in [1.165, 1.54) is 12.8 Å². The molecule has 1 N–H and O–H groups in total. The van der Waals surface area contributed by atoms with Gasteiger partial charge < -0.3 is 14.5 Å². The third-order valence-corrected chi connectivity index (χ3v) is 8.89. The number of hydrogen-bond donors (Lipinski definition) is 1. The molecule has 1 amide bonds. The predicted octanol–water partition coefficient (Wildman–Crippen LogP) is 4.07. The van der Waals surface area contributed by atoms with E-state index in [-0.39, 0.29) is 23.3 Å². The lowest BCUT2D eigenvalue weighted by Crippen LogP contribution is -2.43. The SMILES string of the molecule is CCCCCC(C#CC1COC(=O)N1)O[Si](C)(C)C(C)(C)C. The monoisotopic (exact) mass is 325 g/mol. The minimum atomic E-state index is -1.84. The average molecular weight is 326 g/mol. The van der Waals surface area contributed by atoms with Crippen molar-refractivity contribution in [1.29, 1.82) is 0 Å². The van der Waals surface area contributed by atoms with Gasteiger partial charge in [-0.25, -0.2) is 4.79 Å². The zero-order valence-electron chi connectivity index (χ0n) is 14.9. The molecule has 1 saturated heterocycles. The van der Waals surface area contributed by atoms with Crippen LogP contribution in [0.4, 0.5) is 4.79 Å². The number of nitrogens with one attached hydrogen (secondary N) is 1. The maximum Gasteiger partial charge on any atom is 0.408 e. The molecule has 22 heavy (non-hydrogen) atoms. The molecule has 0 aromatic carbocycles. The number of rotatable bonds is 6. The Balaban J connectivity index is 2.71. The Morgan fingerprint density at radius 1 is 1.41 bits per heavy atom. The minimum Gasteiger partial charge on any atom is -0.446 e. The molecule has 1 heterocycles. The fraction of sp³-hybridized carbons (Fsp3) is 0.824. The summed E-state index contributed by atoms with van der Waals surface area (Å²) in [6.07, 6.45) is 4.03. The summed E-state index contributed by atoms with van der Waals surface area (Å²) in [6, 6.07) is -0.204. The van der Waals surface area contributed by atoms with Crippen LogP contribution in [0.15, 0.2) is 0 Å². The summed E-state index contributed by atoms with van der Waals surface area (Å²) in [6.45, 7) is 13.7. The maximum absolute atomic E-state index is 11.0. The Labute approximate surface area is 136 Å². The number of unbranched alkanes of at least 4 members (excludes halogenated alkanes) is 2. The van der Waals surface area contributed by atoms with Gasteiger partial charge in [0.1, 0.15) is 18.8 Å². The molecule has 1 rings (SSSR count). The summed E-state index contributed by atoms with van der Waals surface area (Å²) >= 11 is 0. The fourth-order valence-electron chi connectivity index (χ4n) is 1.93. The van der Waals surface area contributed by atoms with Gasteiger partial charge in [-0.15, -0.1) is 0 Å². The van der Waals surface area contributed by atoms with Crippen LogP contribution in [0.1, 0.15) is 53.4 Å². The molecule has 0 aliphatic carbocycles. The van der Waals surface area contributed by atoms with Crippen molar-refractivity contribution in [2.75, 3.05) is 6.61 Å². The van der Waals surface area contributed by atoms with Crippen molar-refractivity contribution >= 4 is 14.4 Å². The van der Waals surface area contributed by atoms with E-state index in [1.807, 2.05) is 0 Å². The van der Waals surface area contributed by atoms with Crippen LogP contribution in [0.25, 0.3) is 0 Å². The molecule has 1 fully saturated rings. The normalized spacial score (nSPS) is 19.9. The van der Waals surface area contributed by atoms with Crippen LogP contribution in [-0.4, -0.2) is 33.2 Å². The van der Waals surface area contributed by atoms with Crippen molar-refractivity contribution < 1.29 is 14.0 Å². The van der Waals surface area contributed by atoms with Crippen LogP contribution in [0.5, 0.6) is 0 Å². The first kappa shape index (κ1) is 19.1. The van der Waals surface area contributed by atoms with Crippen molar-refractivity contribution in [3.05, 3.63) is 0 Å². The fourth-order valence-corrected chi connectivity index (χ4v) is 3.17. The average Bonchev–Trinajstić information content (AvgIpc) is 2.80. The summed E-state index contributed by atoms with van der Waals surface area (Å²) in [4.78, 5) is 11.0. The lowest BCUT2D eigenvalue weighted by atomic mass is 10.1. The molecule has 0 spiro atoms. The third-order valence-electron chi connectivity index (χ3n) is 4.40. The van der Waals surface area contributed by atoms with Gasteiger partial charge in [-0.2, -0.15) is 0 Å². The van der Waals surface area contributed by atoms with E-state index in [9.17, 15) is 4.79 Å². The van der Waals surface area contributed by atoms with E-state index in [2.05, 4.69) is 57.9 Å². The van der Waals surface area contributed by atoms with Gasteiger partial charge in [0.2, 0.25) is 0 Å². The Hall–Kier alpha value is -0.993. The van der Waals surface area contributed by atoms with Gasteiger partial charge in [-0.05, 0) is 31.0 Å².